The molecule has 32 heavy (non-hydrogen) atoms. The molecule has 1 saturated heterocycles. The number of amides is 1. The fraction of sp³-hybridized carbons (Fsp3) is 0.318. The number of morpholine rings is 1. The summed E-state index contributed by atoms with van der Waals surface area (Å²) in [6.45, 7) is 2.47. The van der Waals surface area contributed by atoms with Crippen LogP contribution in [-0.2, 0) is 17.5 Å². The van der Waals surface area contributed by atoms with Crippen molar-refractivity contribution in [1.82, 2.24) is 19.4 Å². The molecule has 0 atom stereocenters. The van der Waals surface area contributed by atoms with E-state index in [-0.39, 0.29) is 23.4 Å². The Morgan fingerprint density at radius 1 is 1.12 bits per heavy atom. The van der Waals surface area contributed by atoms with Gasteiger partial charge in [0.1, 0.15) is 17.7 Å². The molecular formula is C22H20ClF3N4O2. The highest BCUT2D eigenvalue weighted by molar-refractivity contribution is 6.30. The zero-order valence-corrected chi connectivity index (χ0v) is 18.0. The minimum Gasteiger partial charge on any atom is -0.378 e. The van der Waals surface area contributed by atoms with Gasteiger partial charge in [-0.05, 0) is 30.2 Å². The fourth-order valence-electron chi connectivity index (χ4n) is 3.97. The molecule has 6 nitrogen and oxygen atoms in total. The highest BCUT2D eigenvalue weighted by Gasteiger charge is 2.42. The normalized spacial score (nSPS) is 14.6. The minimum absolute atomic E-state index is 0.0201. The molecule has 0 bridgehead atoms. The Labute approximate surface area is 187 Å². The number of benzene rings is 1. The summed E-state index contributed by atoms with van der Waals surface area (Å²) in [5.41, 5.74) is 0.255. The summed E-state index contributed by atoms with van der Waals surface area (Å²) in [7, 11) is 0. The highest BCUT2D eigenvalue weighted by atomic mass is 35.5. The van der Waals surface area contributed by atoms with Gasteiger partial charge in [-0.2, -0.15) is 13.2 Å². The van der Waals surface area contributed by atoms with Gasteiger partial charge in [-0.1, -0.05) is 23.7 Å². The molecule has 168 valence electrons. The number of nitrogens with zero attached hydrogens (tertiary/aromatic N) is 4. The van der Waals surface area contributed by atoms with Gasteiger partial charge in [-0.3, -0.25) is 4.79 Å². The SMILES string of the molecule is Cc1c(-c2ccc(Cl)cc2)c(C(=O)N2CCOCC2)n(Cc2cncnc2)c1C(F)(F)F. The number of rotatable bonds is 4. The summed E-state index contributed by atoms with van der Waals surface area (Å²) in [6.07, 6.45) is -0.501. The molecule has 2 aromatic heterocycles. The van der Waals surface area contributed by atoms with Gasteiger partial charge in [0.05, 0.1) is 19.8 Å². The maximum Gasteiger partial charge on any atom is 0.431 e. The van der Waals surface area contributed by atoms with Crippen LogP contribution >= 0.6 is 11.6 Å². The van der Waals surface area contributed by atoms with E-state index >= 15 is 0 Å². The second-order valence-corrected chi connectivity index (χ2v) is 7.88. The molecule has 10 heteroatoms. The maximum atomic E-state index is 14.3. The second-order valence-electron chi connectivity index (χ2n) is 7.44. The first-order valence-electron chi connectivity index (χ1n) is 9.94. The van der Waals surface area contributed by atoms with Gasteiger partial charge in [0.2, 0.25) is 0 Å². The van der Waals surface area contributed by atoms with Gasteiger partial charge in [-0.15, -0.1) is 0 Å². The van der Waals surface area contributed by atoms with E-state index in [1.54, 1.807) is 24.3 Å². The van der Waals surface area contributed by atoms with Gasteiger partial charge >= 0.3 is 6.18 Å². The van der Waals surface area contributed by atoms with E-state index in [4.69, 9.17) is 16.3 Å². The Kier molecular flexibility index (Phi) is 6.21. The molecule has 1 aliphatic rings. The molecule has 0 unspecified atom stereocenters. The third-order valence-electron chi connectivity index (χ3n) is 5.36. The molecule has 1 amide bonds. The molecule has 4 rings (SSSR count). The standard InChI is InChI=1S/C22H20ClF3N4O2/c1-14-18(16-2-4-17(23)5-3-16)19(21(31)29-6-8-32-9-7-29)30(20(14)22(24,25)26)12-15-10-27-13-28-11-15/h2-5,10-11,13H,6-9,12H2,1H3. The van der Waals surface area contributed by atoms with Crippen LogP contribution < -0.4 is 0 Å². The Bertz CT molecular complexity index is 1110. The second kappa shape index (κ2) is 8.91. The molecule has 0 radical (unpaired) electrons. The van der Waals surface area contributed by atoms with Crippen LogP contribution in [0.2, 0.25) is 5.02 Å². The molecule has 1 fully saturated rings. The average molecular weight is 465 g/mol. The first-order valence-corrected chi connectivity index (χ1v) is 10.3. The quantitative estimate of drug-likeness (QED) is 0.572. The van der Waals surface area contributed by atoms with Crippen molar-refractivity contribution >= 4 is 17.5 Å². The first-order chi connectivity index (χ1) is 15.3. The van der Waals surface area contributed by atoms with Crippen molar-refractivity contribution in [3.63, 3.8) is 0 Å². The lowest BCUT2D eigenvalue weighted by atomic mass is 10.00. The smallest absolute Gasteiger partial charge is 0.378 e. The summed E-state index contributed by atoms with van der Waals surface area (Å²) in [5.74, 6) is -0.478. The summed E-state index contributed by atoms with van der Waals surface area (Å²) in [5, 5.41) is 0.448. The molecule has 1 aliphatic heterocycles. The summed E-state index contributed by atoms with van der Waals surface area (Å²) in [4.78, 5) is 22.9. The van der Waals surface area contributed by atoms with Crippen LogP contribution in [0.5, 0.6) is 0 Å². The third kappa shape index (κ3) is 4.35. The molecule has 0 saturated carbocycles. The lowest BCUT2D eigenvalue weighted by Crippen LogP contribution is -2.41. The van der Waals surface area contributed by atoms with Crippen molar-refractivity contribution in [3.8, 4) is 11.1 Å². The van der Waals surface area contributed by atoms with Crippen molar-refractivity contribution in [1.29, 1.82) is 0 Å². The summed E-state index contributed by atoms with van der Waals surface area (Å²) in [6, 6.07) is 6.43. The Hall–Kier alpha value is -2.91. The van der Waals surface area contributed by atoms with E-state index in [9.17, 15) is 18.0 Å². The zero-order chi connectivity index (χ0) is 22.9. The minimum atomic E-state index is -4.68. The van der Waals surface area contributed by atoms with Crippen LogP contribution in [0, 0.1) is 6.92 Å². The van der Waals surface area contributed by atoms with Crippen molar-refractivity contribution in [2.75, 3.05) is 26.3 Å². The van der Waals surface area contributed by atoms with E-state index in [2.05, 4.69) is 9.97 Å². The molecule has 0 N–H and O–H groups in total. The number of halogens is 4. The van der Waals surface area contributed by atoms with E-state index in [0.29, 0.717) is 42.5 Å². The number of hydrogen-bond acceptors (Lipinski definition) is 4. The van der Waals surface area contributed by atoms with Crippen LogP contribution in [0.15, 0.2) is 43.0 Å². The van der Waals surface area contributed by atoms with E-state index < -0.39 is 17.8 Å². The van der Waals surface area contributed by atoms with Gasteiger partial charge in [0.25, 0.3) is 5.91 Å². The van der Waals surface area contributed by atoms with Crippen LogP contribution in [0.1, 0.15) is 27.3 Å². The number of carbonyl (C=O) groups is 1. The van der Waals surface area contributed by atoms with E-state index in [1.807, 2.05) is 0 Å². The number of ether oxygens (including phenoxy) is 1. The maximum absolute atomic E-state index is 14.3. The summed E-state index contributed by atoms with van der Waals surface area (Å²) >= 11 is 5.99. The third-order valence-corrected chi connectivity index (χ3v) is 5.62. The molecule has 1 aromatic carbocycles. The lowest BCUT2D eigenvalue weighted by Gasteiger charge is -2.28. The Morgan fingerprint density at radius 2 is 1.75 bits per heavy atom. The first kappa shape index (κ1) is 22.3. The van der Waals surface area contributed by atoms with Crippen LogP contribution in [-0.4, -0.2) is 51.6 Å². The lowest BCUT2D eigenvalue weighted by molar-refractivity contribution is -0.143. The van der Waals surface area contributed by atoms with Crippen molar-refractivity contribution in [3.05, 3.63) is 70.5 Å². The van der Waals surface area contributed by atoms with Crippen LogP contribution in [0.25, 0.3) is 11.1 Å². The van der Waals surface area contributed by atoms with E-state index in [1.165, 1.54) is 30.5 Å². The molecule has 0 spiro atoms. The van der Waals surface area contributed by atoms with E-state index in [0.717, 1.165) is 4.57 Å². The number of carbonyl (C=O) groups excluding carboxylic acids is 1. The molecular weight excluding hydrogens is 445 g/mol. The van der Waals surface area contributed by atoms with Crippen molar-refractivity contribution in [2.45, 2.75) is 19.6 Å². The molecule has 0 aliphatic carbocycles. The predicted molar refractivity (Wildman–Crippen MR) is 112 cm³/mol. The van der Waals surface area contributed by atoms with Crippen molar-refractivity contribution < 1.29 is 22.7 Å². The molecule has 3 heterocycles. The van der Waals surface area contributed by atoms with Crippen LogP contribution in [0.3, 0.4) is 0 Å². The zero-order valence-electron chi connectivity index (χ0n) is 17.2. The monoisotopic (exact) mass is 464 g/mol. The largest absolute Gasteiger partial charge is 0.431 e. The average Bonchev–Trinajstić information content (AvgIpc) is 3.07. The van der Waals surface area contributed by atoms with Gasteiger partial charge in [0.15, 0.2) is 0 Å². The fourth-order valence-corrected chi connectivity index (χ4v) is 4.10. The number of alkyl halides is 3. The Morgan fingerprint density at radius 3 is 2.34 bits per heavy atom. The summed E-state index contributed by atoms with van der Waals surface area (Å²) < 4.78 is 49.2. The highest BCUT2D eigenvalue weighted by Crippen LogP contribution is 2.42. The van der Waals surface area contributed by atoms with Gasteiger partial charge < -0.3 is 14.2 Å². The van der Waals surface area contributed by atoms with Gasteiger partial charge in [-0.25, -0.2) is 9.97 Å². The molecule has 3 aromatic rings. The predicted octanol–water partition coefficient (Wildman–Crippen LogP) is 4.45. The van der Waals surface area contributed by atoms with Crippen LogP contribution in [0.4, 0.5) is 13.2 Å². The number of aromatic nitrogens is 3. The Balaban J connectivity index is 1.97. The topological polar surface area (TPSA) is 60.2 Å². The van der Waals surface area contributed by atoms with Gasteiger partial charge in [0, 0.05) is 41.6 Å². The van der Waals surface area contributed by atoms with Crippen molar-refractivity contribution in [2.24, 2.45) is 0 Å². The number of hydrogen-bond donors (Lipinski definition) is 0.